The van der Waals surface area contributed by atoms with Crippen LogP contribution in [0.25, 0.3) is 22.3 Å². The van der Waals surface area contributed by atoms with Crippen molar-refractivity contribution < 1.29 is 13.9 Å². The molecule has 1 aliphatic heterocycles. The van der Waals surface area contributed by atoms with Gasteiger partial charge in [-0.1, -0.05) is 13.8 Å². The van der Waals surface area contributed by atoms with Crippen LogP contribution in [0.4, 0.5) is 10.1 Å². The summed E-state index contributed by atoms with van der Waals surface area (Å²) in [5.41, 5.74) is 11.7. The second kappa shape index (κ2) is 10.9. The highest BCUT2D eigenvalue weighted by Gasteiger charge is 2.42. The van der Waals surface area contributed by atoms with Gasteiger partial charge in [-0.15, -0.1) is 0 Å². The summed E-state index contributed by atoms with van der Waals surface area (Å²) in [4.78, 5) is 29.6. The molecule has 208 valence electrons. The van der Waals surface area contributed by atoms with E-state index in [0.29, 0.717) is 41.3 Å². The minimum absolute atomic E-state index is 0.0106. The Balaban J connectivity index is 1.25. The second-order valence-electron chi connectivity index (χ2n) is 11.3. The van der Waals surface area contributed by atoms with Crippen molar-refractivity contribution in [3.05, 3.63) is 66.1 Å². The Kier molecular flexibility index (Phi) is 7.20. The largest absolute Gasteiger partial charge is 0.497 e. The fourth-order valence-electron chi connectivity index (χ4n) is 6.12. The number of hydrogen-bond donors (Lipinski definition) is 4. The highest BCUT2D eigenvalue weighted by molar-refractivity contribution is 5.91. The van der Waals surface area contributed by atoms with Gasteiger partial charge in [0.2, 0.25) is 5.91 Å². The van der Waals surface area contributed by atoms with E-state index in [1.807, 2.05) is 32.2 Å². The first-order valence-electron chi connectivity index (χ1n) is 13.8. The average molecular weight is 544 g/mol. The van der Waals surface area contributed by atoms with Gasteiger partial charge in [-0.05, 0) is 72.4 Å². The van der Waals surface area contributed by atoms with E-state index in [9.17, 15) is 9.18 Å². The predicted molar refractivity (Wildman–Crippen MR) is 151 cm³/mol. The molecule has 6 rings (SSSR count). The number of carbonyl (C=O) groups excluding carboxylic acids is 1. The van der Waals surface area contributed by atoms with Gasteiger partial charge in [0.05, 0.1) is 30.6 Å². The van der Waals surface area contributed by atoms with Gasteiger partial charge in [-0.3, -0.25) is 15.2 Å². The third-order valence-electron chi connectivity index (χ3n) is 7.98. The van der Waals surface area contributed by atoms with Crippen molar-refractivity contribution >= 4 is 22.8 Å². The van der Waals surface area contributed by atoms with E-state index in [1.54, 1.807) is 12.4 Å². The lowest BCUT2D eigenvalue weighted by atomic mass is 9.73. The summed E-state index contributed by atoms with van der Waals surface area (Å²) in [5.74, 6) is 1.80. The first kappa shape index (κ1) is 26.3. The van der Waals surface area contributed by atoms with Gasteiger partial charge >= 0.3 is 0 Å². The standard InChI is InChI=1S/C30H34FN7O2/c1-16(2)8-26(39)34-21-10-19(14-32-15-21)17-4-5-25-24(12-17)28(38-37-25)30-35-27-23(6-7-33-29(27)36-30)18-9-20(31)13-22(11-18)40-3/h6-7,9-11,13-17,24-25,28,37-38H,4-5,8,12H2,1-3H3,(H,34,39)(H,33,35,36). The Morgan fingerprint density at radius 2 is 2.05 bits per heavy atom. The number of fused-ring (bicyclic) bond motifs is 2. The monoisotopic (exact) mass is 543 g/mol. The number of aromatic amines is 1. The second-order valence-corrected chi connectivity index (χ2v) is 11.3. The zero-order valence-electron chi connectivity index (χ0n) is 22.9. The van der Waals surface area contributed by atoms with Crippen LogP contribution in [0, 0.1) is 17.7 Å². The van der Waals surface area contributed by atoms with Crippen LogP contribution in [0.1, 0.15) is 62.9 Å². The molecule has 4 unspecified atom stereocenters. The number of imidazole rings is 1. The van der Waals surface area contributed by atoms with Gasteiger partial charge in [0.15, 0.2) is 5.65 Å². The molecule has 4 N–H and O–H groups in total. The van der Waals surface area contributed by atoms with Crippen molar-refractivity contribution in [2.24, 2.45) is 11.8 Å². The van der Waals surface area contributed by atoms with E-state index in [0.717, 1.165) is 47.4 Å². The van der Waals surface area contributed by atoms with Crippen LogP contribution >= 0.6 is 0 Å². The number of ether oxygens (including phenoxy) is 1. The van der Waals surface area contributed by atoms with Crippen molar-refractivity contribution in [2.45, 2.75) is 57.5 Å². The van der Waals surface area contributed by atoms with Crippen LogP contribution in [0.5, 0.6) is 5.75 Å². The number of aromatic nitrogens is 4. The quantitative estimate of drug-likeness (QED) is 0.251. The summed E-state index contributed by atoms with van der Waals surface area (Å²) in [6, 6.07) is 8.85. The molecule has 2 fully saturated rings. The number of hydrogen-bond acceptors (Lipinski definition) is 7. The van der Waals surface area contributed by atoms with Crippen LogP contribution in [0.15, 0.2) is 48.9 Å². The molecule has 0 bridgehead atoms. The molecule has 1 aromatic carbocycles. The van der Waals surface area contributed by atoms with E-state index in [2.05, 4.69) is 37.2 Å². The molecule has 0 spiro atoms. The first-order chi connectivity index (χ1) is 19.4. The van der Waals surface area contributed by atoms with Crippen LogP contribution in [-0.2, 0) is 4.79 Å². The van der Waals surface area contributed by atoms with Crippen molar-refractivity contribution in [2.75, 3.05) is 12.4 Å². The molecule has 0 radical (unpaired) electrons. The highest BCUT2D eigenvalue weighted by Crippen LogP contribution is 2.44. The van der Waals surface area contributed by atoms with Gasteiger partial charge < -0.3 is 15.0 Å². The molecule has 40 heavy (non-hydrogen) atoms. The lowest BCUT2D eigenvalue weighted by molar-refractivity contribution is -0.116. The molecular formula is C30H34FN7O2. The number of amides is 1. The number of pyridine rings is 2. The molecule has 1 saturated heterocycles. The number of nitrogens with zero attached hydrogens (tertiary/aromatic N) is 3. The van der Waals surface area contributed by atoms with Gasteiger partial charge in [-0.25, -0.2) is 19.8 Å². The third kappa shape index (κ3) is 5.29. The number of anilines is 1. The number of methoxy groups -OCH3 is 1. The number of H-pyrrole nitrogens is 1. The first-order valence-corrected chi connectivity index (χ1v) is 13.8. The summed E-state index contributed by atoms with van der Waals surface area (Å²) in [7, 11) is 1.52. The Morgan fingerprint density at radius 3 is 2.88 bits per heavy atom. The number of hydrazine groups is 1. The Hall–Kier alpha value is -3.89. The normalized spacial score (nSPS) is 22.4. The van der Waals surface area contributed by atoms with E-state index in [-0.39, 0.29) is 23.7 Å². The van der Waals surface area contributed by atoms with E-state index < -0.39 is 0 Å². The van der Waals surface area contributed by atoms with Crippen LogP contribution in [0.3, 0.4) is 0 Å². The van der Waals surface area contributed by atoms with Crippen LogP contribution in [0.2, 0.25) is 0 Å². The molecule has 4 aromatic rings. The fourth-order valence-corrected chi connectivity index (χ4v) is 6.12. The van der Waals surface area contributed by atoms with Crippen molar-refractivity contribution in [3.8, 4) is 16.9 Å². The summed E-state index contributed by atoms with van der Waals surface area (Å²) in [6.07, 6.45) is 8.78. The maximum Gasteiger partial charge on any atom is 0.224 e. The molecule has 4 atom stereocenters. The number of rotatable bonds is 7. The third-order valence-corrected chi connectivity index (χ3v) is 7.98. The summed E-state index contributed by atoms with van der Waals surface area (Å²) >= 11 is 0. The van der Waals surface area contributed by atoms with Gasteiger partial charge in [0.25, 0.3) is 0 Å². The van der Waals surface area contributed by atoms with Gasteiger partial charge in [-0.2, -0.15) is 0 Å². The topological polar surface area (TPSA) is 117 Å². The van der Waals surface area contributed by atoms with Crippen LogP contribution < -0.4 is 20.9 Å². The average Bonchev–Trinajstić information content (AvgIpc) is 3.56. The van der Waals surface area contributed by atoms with Crippen molar-refractivity contribution in [1.29, 1.82) is 0 Å². The lowest BCUT2D eigenvalue weighted by Crippen LogP contribution is -2.34. The Bertz CT molecular complexity index is 1540. The maximum absolute atomic E-state index is 14.3. The van der Waals surface area contributed by atoms with Crippen molar-refractivity contribution in [3.63, 3.8) is 0 Å². The van der Waals surface area contributed by atoms with Crippen molar-refractivity contribution in [1.82, 2.24) is 30.8 Å². The number of halogens is 1. The molecule has 3 aromatic heterocycles. The zero-order valence-corrected chi connectivity index (χ0v) is 22.9. The summed E-state index contributed by atoms with van der Waals surface area (Å²) in [6.45, 7) is 4.06. The molecule has 1 saturated carbocycles. The van der Waals surface area contributed by atoms with Gasteiger partial charge in [0, 0.05) is 36.5 Å². The molecule has 10 heteroatoms. The molecule has 9 nitrogen and oxygen atoms in total. The Labute approximate surface area is 232 Å². The summed E-state index contributed by atoms with van der Waals surface area (Å²) < 4.78 is 19.6. The predicted octanol–water partition coefficient (Wildman–Crippen LogP) is 5.25. The van der Waals surface area contributed by atoms with E-state index >= 15 is 0 Å². The Morgan fingerprint density at radius 1 is 1.18 bits per heavy atom. The van der Waals surface area contributed by atoms with Crippen LogP contribution in [-0.4, -0.2) is 39.0 Å². The minimum atomic E-state index is -0.366. The van der Waals surface area contributed by atoms with E-state index in [1.165, 1.54) is 19.2 Å². The number of nitrogens with one attached hydrogen (secondary N) is 4. The maximum atomic E-state index is 14.3. The molecular weight excluding hydrogens is 509 g/mol. The fraction of sp³-hybridized carbons (Fsp3) is 0.400. The molecule has 1 aliphatic carbocycles. The number of carbonyl (C=O) groups is 1. The summed E-state index contributed by atoms with van der Waals surface area (Å²) in [5, 5.41) is 3.00. The molecule has 4 heterocycles. The highest BCUT2D eigenvalue weighted by atomic mass is 19.1. The van der Waals surface area contributed by atoms with E-state index in [4.69, 9.17) is 9.72 Å². The zero-order chi connectivity index (χ0) is 27.8. The minimum Gasteiger partial charge on any atom is -0.497 e. The van der Waals surface area contributed by atoms with Gasteiger partial charge in [0.1, 0.15) is 17.4 Å². The molecule has 1 amide bonds. The molecule has 2 aliphatic rings. The SMILES string of the molecule is COc1cc(F)cc(-c2ccnc3nc(C4NNC5CCC(c6cncc(NC(=O)CC(C)C)c6)CC54)[nH]c23)c1. The smallest absolute Gasteiger partial charge is 0.224 e. The lowest BCUT2D eigenvalue weighted by Gasteiger charge is -2.33. The number of benzene rings is 1.